The third-order valence-electron chi connectivity index (χ3n) is 4.81. The Morgan fingerprint density at radius 3 is 2.75 bits per heavy atom. The fraction of sp³-hybridized carbons (Fsp3) is 0.579. The molecule has 0 bridgehead atoms. The number of nitrogens with zero attached hydrogens (tertiary/aromatic N) is 2. The van der Waals surface area contributed by atoms with Crippen molar-refractivity contribution in [2.45, 2.75) is 38.3 Å². The van der Waals surface area contributed by atoms with Crippen molar-refractivity contribution < 1.29 is 9.53 Å². The number of nitrogens with one attached hydrogen (secondary N) is 1. The largest absolute Gasteiger partial charge is 0.445 e. The van der Waals surface area contributed by atoms with Crippen molar-refractivity contribution in [2.75, 3.05) is 19.6 Å². The van der Waals surface area contributed by atoms with Gasteiger partial charge < -0.3 is 10.1 Å². The van der Waals surface area contributed by atoms with Gasteiger partial charge in [0, 0.05) is 19.1 Å². The molecule has 5 heteroatoms. The monoisotopic (exact) mass is 327 g/mol. The highest BCUT2D eigenvalue weighted by molar-refractivity contribution is 5.67. The Bertz CT molecular complexity index is 580. The van der Waals surface area contributed by atoms with E-state index in [2.05, 4.69) is 16.3 Å². The van der Waals surface area contributed by atoms with E-state index in [1.165, 1.54) is 19.3 Å². The van der Waals surface area contributed by atoms with Gasteiger partial charge in [0.2, 0.25) is 0 Å². The summed E-state index contributed by atoms with van der Waals surface area (Å²) in [6.45, 7) is 2.42. The predicted molar refractivity (Wildman–Crippen MR) is 91.1 cm³/mol. The van der Waals surface area contributed by atoms with E-state index in [1.54, 1.807) is 0 Å². The van der Waals surface area contributed by atoms with Crippen LogP contribution in [0.4, 0.5) is 4.79 Å². The second-order valence-electron chi connectivity index (χ2n) is 7.04. The minimum absolute atomic E-state index is 0.0686. The van der Waals surface area contributed by atoms with Crippen LogP contribution >= 0.6 is 0 Å². The average Bonchev–Trinajstić information content (AvgIpc) is 3.38. The van der Waals surface area contributed by atoms with E-state index in [4.69, 9.17) is 10.00 Å². The van der Waals surface area contributed by atoms with Gasteiger partial charge in [0.1, 0.15) is 6.61 Å². The summed E-state index contributed by atoms with van der Waals surface area (Å²) in [4.78, 5) is 14.2. The number of alkyl carbamates (subject to hydrolysis) is 1. The van der Waals surface area contributed by atoms with Crippen molar-refractivity contribution in [1.82, 2.24) is 10.2 Å². The van der Waals surface area contributed by atoms with E-state index in [0.717, 1.165) is 31.0 Å². The molecule has 1 aromatic rings. The molecule has 0 spiro atoms. The van der Waals surface area contributed by atoms with Gasteiger partial charge in [-0.1, -0.05) is 43.2 Å². The van der Waals surface area contributed by atoms with Crippen molar-refractivity contribution in [3.8, 4) is 6.07 Å². The Hall–Kier alpha value is -2.06. The fourth-order valence-electron chi connectivity index (χ4n) is 3.56. The number of carbonyl (C=O) groups excluding carboxylic acids is 1. The van der Waals surface area contributed by atoms with Crippen molar-refractivity contribution >= 4 is 6.09 Å². The highest BCUT2D eigenvalue weighted by Gasteiger charge is 2.32. The molecule has 1 amide bonds. The van der Waals surface area contributed by atoms with Gasteiger partial charge in [0.05, 0.1) is 12.6 Å². The van der Waals surface area contributed by atoms with E-state index < -0.39 is 0 Å². The molecule has 2 fully saturated rings. The summed E-state index contributed by atoms with van der Waals surface area (Å²) in [5.74, 6) is 1.43. The number of nitriles is 1. The highest BCUT2D eigenvalue weighted by atomic mass is 16.5. The lowest BCUT2D eigenvalue weighted by Gasteiger charge is -2.36. The molecule has 2 aliphatic rings. The first-order valence-electron chi connectivity index (χ1n) is 8.79. The van der Waals surface area contributed by atoms with Crippen LogP contribution in [0.15, 0.2) is 30.3 Å². The van der Waals surface area contributed by atoms with Crippen LogP contribution in [0.2, 0.25) is 0 Å². The van der Waals surface area contributed by atoms with Crippen LogP contribution in [0, 0.1) is 23.2 Å². The maximum atomic E-state index is 12.1. The van der Waals surface area contributed by atoms with E-state index in [-0.39, 0.29) is 18.7 Å². The normalized spacial score (nSPS) is 24.1. The first-order valence-corrected chi connectivity index (χ1v) is 8.79. The predicted octanol–water partition coefficient (Wildman–Crippen LogP) is 2.93. The zero-order valence-corrected chi connectivity index (χ0v) is 14.0. The quantitative estimate of drug-likeness (QED) is 0.816. The van der Waals surface area contributed by atoms with Crippen molar-refractivity contribution in [2.24, 2.45) is 11.8 Å². The standard InChI is InChI=1S/C19H25N3O2/c20-8-9-22-12-17(10-15-6-7-15)11-18(13-22)21-19(23)24-14-16-4-2-1-3-5-16/h1-5,15,17-18H,6-7,9-14H2,(H,21,23). The lowest BCUT2D eigenvalue weighted by atomic mass is 9.90. The molecule has 5 nitrogen and oxygen atoms in total. The second-order valence-corrected chi connectivity index (χ2v) is 7.04. The molecule has 24 heavy (non-hydrogen) atoms. The topological polar surface area (TPSA) is 65.4 Å². The van der Waals surface area contributed by atoms with Crippen LogP contribution in [-0.4, -0.2) is 36.7 Å². The van der Waals surface area contributed by atoms with E-state index in [0.29, 0.717) is 12.5 Å². The molecule has 0 aromatic heterocycles. The molecule has 128 valence electrons. The number of hydrogen-bond donors (Lipinski definition) is 1. The van der Waals surface area contributed by atoms with Crippen LogP contribution in [-0.2, 0) is 11.3 Å². The molecule has 1 saturated carbocycles. The fourth-order valence-corrected chi connectivity index (χ4v) is 3.56. The summed E-state index contributed by atoms with van der Waals surface area (Å²) >= 11 is 0. The van der Waals surface area contributed by atoms with Gasteiger partial charge in [-0.15, -0.1) is 0 Å². The van der Waals surface area contributed by atoms with Gasteiger partial charge >= 0.3 is 6.09 Å². The van der Waals surface area contributed by atoms with Crippen molar-refractivity contribution in [3.05, 3.63) is 35.9 Å². The molecule has 1 N–H and O–H groups in total. The Labute approximate surface area is 143 Å². The summed E-state index contributed by atoms with van der Waals surface area (Å²) in [5.41, 5.74) is 0.981. The number of carbonyl (C=O) groups is 1. The lowest BCUT2D eigenvalue weighted by molar-refractivity contribution is 0.112. The maximum absolute atomic E-state index is 12.1. The van der Waals surface area contributed by atoms with Crippen LogP contribution in [0.1, 0.15) is 31.2 Å². The van der Waals surface area contributed by atoms with Gasteiger partial charge in [0.25, 0.3) is 0 Å². The van der Waals surface area contributed by atoms with Gasteiger partial charge in [-0.2, -0.15) is 5.26 Å². The van der Waals surface area contributed by atoms with Gasteiger partial charge in [0.15, 0.2) is 0 Å². The molecule has 1 aromatic carbocycles. The minimum Gasteiger partial charge on any atom is -0.445 e. The van der Waals surface area contributed by atoms with Gasteiger partial charge in [-0.3, -0.25) is 4.90 Å². The zero-order valence-electron chi connectivity index (χ0n) is 14.0. The SMILES string of the molecule is N#CCN1CC(CC2CC2)CC(NC(=O)OCc2ccccc2)C1. The Morgan fingerprint density at radius 1 is 1.25 bits per heavy atom. The van der Waals surface area contributed by atoms with Gasteiger partial charge in [-0.25, -0.2) is 4.79 Å². The molecular formula is C19H25N3O2. The Morgan fingerprint density at radius 2 is 2.04 bits per heavy atom. The molecule has 2 unspecified atom stereocenters. The van der Waals surface area contributed by atoms with Crippen molar-refractivity contribution in [1.29, 1.82) is 5.26 Å². The molecular weight excluding hydrogens is 302 g/mol. The Kier molecular flexibility index (Phi) is 5.71. The summed E-state index contributed by atoms with van der Waals surface area (Å²) in [6, 6.07) is 12.0. The average molecular weight is 327 g/mol. The number of ether oxygens (including phenoxy) is 1. The number of likely N-dealkylation sites (tertiary alicyclic amines) is 1. The van der Waals surface area contributed by atoms with Crippen LogP contribution < -0.4 is 5.32 Å². The Balaban J connectivity index is 1.48. The van der Waals surface area contributed by atoms with Gasteiger partial charge in [-0.05, 0) is 30.2 Å². The lowest BCUT2D eigenvalue weighted by Crippen LogP contribution is -2.51. The molecule has 1 heterocycles. The summed E-state index contributed by atoms with van der Waals surface area (Å²) in [6.07, 6.45) is 4.52. The summed E-state index contributed by atoms with van der Waals surface area (Å²) in [5, 5.41) is 12.0. The number of benzene rings is 1. The number of piperidine rings is 1. The van der Waals surface area contributed by atoms with Crippen LogP contribution in [0.25, 0.3) is 0 Å². The van der Waals surface area contributed by atoms with E-state index in [1.807, 2.05) is 30.3 Å². The molecule has 3 rings (SSSR count). The number of amides is 1. The molecule has 1 saturated heterocycles. The molecule has 1 aliphatic heterocycles. The highest BCUT2D eigenvalue weighted by Crippen LogP contribution is 2.37. The van der Waals surface area contributed by atoms with E-state index in [9.17, 15) is 4.79 Å². The zero-order chi connectivity index (χ0) is 16.8. The van der Waals surface area contributed by atoms with Crippen LogP contribution in [0.5, 0.6) is 0 Å². The summed E-state index contributed by atoms with van der Waals surface area (Å²) in [7, 11) is 0. The first-order chi connectivity index (χ1) is 11.7. The van der Waals surface area contributed by atoms with Crippen molar-refractivity contribution in [3.63, 3.8) is 0 Å². The molecule has 1 aliphatic carbocycles. The van der Waals surface area contributed by atoms with Crippen LogP contribution in [0.3, 0.4) is 0 Å². The number of rotatable bonds is 6. The number of hydrogen-bond acceptors (Lipinski definition) is 4. The second kappa shape index (κ2) is 8.16. The first kappa shape index (κ1) is 16.8. The third-order valence-corrected chi connectivity index (χ3v) is 4.81. The van der Waals surface area contributed by atoms with E-state index >= 15 is 0 Å². The minimum atomic E-state index is -0.368. The smallest absolute Gasteiger partial charge is 0.407 e. The maximum Gasteiger partial charge on any atom is 0.407 e. The third kappa shape index (κ3) is 5.24. The summed E-state index contributed by atoms with van der Waals surface area (Å²) < 4.78 is 5.32. The molecule has 0 radical (unpaired) electrons. The molecule has 2 atom stereocenters.